The maximum atomic E-state index is 12.4. The fourth-order valence-electron chi connectivity index (χ4n) is 2.18. The molecule has 0 saturated heterocycles. The summed E-state index contributed by atoms with van der Waals surface area (Å²) >= 11 is 0. The van der Waals surface area contributed by atoms with E-state index in [9.17, 15) is 8.42 Å². The third-order valence-corrected chi connectivity index (χ3v) is 5.21. The fraction of sp³-hybridized carbons (Fsp3) is 0.400. The molecule has 0 aliphatic carbocycles. The van der Waals surface area contributed by atoms with Crippen LogP contribution in [0.25, 0.3) is 0 Å². The van der Waals surface area contributed by atoms with Crippen molar-refractivity contribution in [1.29, 1.82) is 0 Å². The Balaban J connectivity index is 2.25. The molecule has 1 atom stereocenters. The van der Waals surface area contributed by atoms with Gasteiger partial charge < -0.3 is 4.52 Å². The Morgan fingerprint density at radius 2 is 1.86 bits per heavy atom. The minimum atomic E-state index is -3.68. The summed E-state index contributed by atoms with van der Waals surface area (Å²) < 4.78 is 32.2. The second kappa shape index (κ2) is 5.89. The maximum Gasteiger partial charge on any atom is 0.267 e. The maximum absolute atomic E-state index is 12.4. The Kier molecular flexibility index (Phi) is 4.37. The minimum Gasteiger partial charge on any atom is -0.360 e. The van der Waals surface area contributed by atoms with E-state index in [1.807, 2.05) is 12.1 Å². The molecule has 0 aliphatic heterocycles. The molecule has 2 aromatic rings. The highest BCUT2D eigenvalue weighted by molar-refractivity contribution is 7.92. The van der Waals surface area contributed by atoms with E-state index in [-0.39, 0.29) is 10.7 Å². The van der Waals surface area contributed by atoms with Gasteiger partial charge in [0.05, 0.1) is 0 Å². The third-order valence-electron chi connectivity index (χ3n) is 3.58. The summed E-state index contributed by atoms with van der Waals surface area (Å²) in [5, 5.41) is 3.68. The topological polar surface area (TPSA) is 72.2 Å². The Bertz CT molecular complexity index is 698. The lowest BCUT2D eigenvalue weighted by atomic mass is 9.99. The summed E-state index contributed by atoms with van der Waals surface area (Å²) in [6, 6.07) is 7.44. The van der Waals surface area contributed by atoms with Gasteiger partial charge in [0, 0.05) is 5.69 Å². The molecule has 2 rings (SSSR count). The zero-order valence-corrected chi connectivity index (χ0v) is 13.5. The Hall–Kier alpha value is -1.82. The van der Waals surface area contributed by atoms with E-state index in [0.717, 1.165) is 6.42 Å². The number of aryl methyl sites for hydroxylation is 2. The second-order valence-electron chi connectivity index (χ2n) is 5.19. The van der Waals surface area contributed by atoms with Crippen molar-refractivity contribution in [3.63, 3.8) is 0 Å². The van der Waals surface area contributed by atoms with E-state index in [2.05, 4.69) is 23.7 Å². The predicted molar refractivity (Wildman–Crippen MR) is 81.9 cm³/mol. The lowest BCUT2D eigenvalue weighted by Gasteiger charge is -2.11. The van der Waals surface area contributed by atoms with Crippen LogP contribution in [0.15, 0.2) is 33.7 Å². The van der Waals surface area contributed by atoms with Crippen LogP contribution in [0, 0.1) is 13.8 Å². The molecule has 0 bridgehead atoms. The normalized spacial score (nSPS) is 13.1. The summed E-state index contributed by atoms with van der Waals surface area (Å²) in [5.74, 6) is 0.745. The molecule has 5 nitrogen and oxygen atoms in total. The van der Waals surface area contributed by atoms with Crippen molar-refractivity contribution in [3.05, 3.63) is 41.3 Å². The minimum absolute atomic E-state index is 0.105. The van der Waals surface area contributed by atoms with Crippen LogP contribution in [0.1, 0.15) is 43.2 Å². The number of anilines is 1. The number of hydrogen-bond acceptors (Lipinski definition) is 4. The van der Waals surface area contributed by atoms with Gasteiger partial charge >= 0.3 is 0 Å². The smallest absolute Gasteiger partial charge is 0.267 e. The van der Waals surface area contributed by atoms with Crippen LogP contribution in [0.4, 0.5) is 5.69 Å². The molecule has 1 unspecified atom stereocenters. The highest BCUT2D eigenvalue weighted by Crippen LogP contribution is 2.24. The van der Waals surface area contributed by atoms with Gasteiger partial charge in [0.15, 0.2) is 10.7 Å². The van der Waals surface area contributed by atoms with Crippen molar-refractivity contribution in [2.45, 2.75) is 44.9 Å². The van der Waals surface area contributed by atoms with Gasteiger partial charge in [0.25, 0.3) is 10.0 Å². The van der Waals surface area contributed by atoms with E-state index in [1.165, 1.54) is 5.56 Å². The van der Waals surface area contributed by atoms with Gasteiger partial charge in [-0.25, -0.2) is 8.42 Å². The lowest BCUT2D eigenvalue weighted by molar-refractivity contribution is 0.390. The van der Waals surface area contributed by atoms with Gasteiger partial charge in [-0.05, 0) is 43.9 Å². The number of benzene rings is 1. The monoisotopic (exact) mass is 308 g/mol. The van der Waals surface area contributed by atoms with Crippen LogP contribution < -0.4 is 4.72 Å². The van der Waals surface area contributed by atoms with Gasteiger partial charge in [-0.2, -0.15) is 0 Å². The van der Waals surface area contributed by atoms with Crippen LogP contribution in [0.2, 0.25) is 0 Å². The molecule has 0 amide bonds. The molecule has 0 saturated carbocycles. The quantitative estimate of drug-likeness (QED) is 0.916. The molecule has 0 fully saturated rings. The van der Waals surface area contributed by atoms with Crippen LogP contribution in [0.5, 0.6) is 0 Å². The molecule has 0 aliphatic rings. The molecule has 114 valence electrons. The molecule has 1 aromatic heterocycles. The lowest BCUT2D eigenvalue weighted by Crippen LogP contribution is -2.14. The van der Waals surface area contributed by atoms with Crippen molar-refractivity contribution in [2.24, 2.45) is 0 Å². The van der Waals surface area contributed by atoms with Gasteiger partial charge in [-0.15, -0.1) is 0 Å². The fourth-order valence-corrected chi connectivity index (χ4v) is 3.57. The van der Waals surface area contributed by atoms with Crippen LogP contribution in [0.3, 0.4) is 0 Å². The molecule has 0 radical (unpaired) electrons. The summed E-state index contributed by atoms with van der Waals surface area (Å²) in [4.78, 5) is 0.105. The highest BCUT2D eigenvalue weighted by atomic mass is 32.2. The van der Waals surface area contributed by atoms with E-state index in [0.29, 0.717) is 17.3 Å². The zero-order chi connectivity index (χ0) is 15.6. The Labute approximate surface area is 125 Å². The summed E-state index contributed by atoms with van der Waals surface area (Å²) in [6.07, 6.45) is 1.05. The average Bonchev–Trinajstić information content (AvgIpc) is 2.78. The molecule has 6 heteroatoms. The van der Waals surface area contributed by atoms with Gasteiger partial charge in [0.2, 0.25) is 0 Å². The predicted octanol–water partition coefficient (Wildman–Crippen LogP) is 3.61. The first kappa shape index (κ1) is 15.6. The van der Waals surface area contributed by atoms with Crippen molar-refractivity contribution < 1.29 is 12.9 Å². The number of nitrogens with zero attached hydrogens (tertiary/aromatic N) is 1. The first-order chi connectivity index (χ1) is 9.85. The van der Waals surface area contributed by atoms with Crippen LogP contribution in [-0.2, 0) is 10.0 Å². The number of aromatic nitrogens is 1. The van der Waals surface area contributed by atoms with E-state index in [4.69, 9.17) is 4.52 Å². The largest absolute Gasteiger partial charge is 0.360 e. The number of nitrogens with one attached hydrogen (secondary N) is 1. The van der Waals surface area contributed by atoms with Crippen molar-refractivity contribution in [3.8, 4) is 0 Å². The summed E-state index contributed by atoms with van der Waals surface area (Å²) in [6.45, 7) is 7.46. The highest BCUT2D eigenvalue weighted by Gasteiger charge is 2.24. The average molecular weight is 308 g/mol. The Morgan fingerprint density at radius 3 is 2.33 bits per heavy atom. The molecule has 21 heavy (non-hydrogen) atoms. The SMILES string of the molecule is CCC(C)c1ccc(NS(=O)(=O)c2c(C)noc2C)cc1. The second-order valence-corrected chi connectivity index (χ2v) is 6.81. The molecular weight excluding hydrogens is 288 g/mol. The molecule has 1 N–H and O–H groups in total. The Morgan fingerprint density at radius 1 is 1.24 bits per heavy atom. The summed E-state index contributed by atoms with van der Waals surface area (Å²) in [5.41, 5.74) is 2.08. The number of rotatable bonds is 5. The van der Waals surface area contributed by atoms with E-state index >= 15 is 0 Å². The van der Waals surface area contributed by atoms with Gasteiger partial charge in [-0.1, -0.05) is 31.1 Å². The number of sulfonamides is 1. The number of hydrogen-bond donors (Lipinski definition) is 1. The summed E-state index contributed by atoms with van der Waals surface area (Å²) in [7, 11) is -3.68. The van der Waals surface area contributed by atoms with Crippen molar-refractivity contribution in [1.82, 2.24) is 5.16 Å². The van der Waals surface area contributed by atoms with E-state index in [1.54, 1.807) is 26.0 Å². The van der Waals surface area contributed by atoms with E-state index < -0.39 is 10.0 Å². The molecule has 0 spiro atoms. The van der Waals surface area contributed by atoms with Crippen LogP contribution >= 0.6 is 0 Å². The van der Waals surface area contributed by atoms with Crippen LogP contribution in [-0.4, -0.2) is 13.6 Å². The molecular formula is C15H20N2O3S. The van der Waals surface area contributed by atoms with Gasteiger partial charge in [-0.3, -0.25) is 4.72 Å². The molecule has 1 heterocycles. The first-order valence-electron chi connectivity index (χ1n) is 6.90. The van der Waals surface area contributed by atoms with Gasteiger partial charge in [0.1, 0.15) is 5.69 Å². The van der Waals surface area contributed by atoms with Crippen molar-refractivity contribution >= 4 is 15.7 Å². The molecule has 1 aromatic carbocycles. The third kappa shape index (κ3) is 3.26. The zero-order valence-electron chi connectivity index (χ0n) is 12.7. The first-order valence-corrected chi connectivity index (χ1v) is 8.39. The standard InChI is InChI=1S/C15H20N2O3S/c1-5-10(2)13-6-8-14(9-7-13)17-21(18,19)15-11(3)16-20-12(15)4/h6-10,17H,5H2,1-4H3. The van der Waals surface area contributed by atoms with Crippen molar-refractivity contribution in [2.75, 3.05) is 4.72 Å².